The predicted molar refractivity (Wildman–Crippen MR) is 79.6 cm³/mol. The summed E-state index contributed by atoms with van der Waals surface area (Å²) in [6.45, 7) is 1.78. The van der Waals surface area contributed by atoms with Gasteiger partial charge in [0.2, 0.25) is 0 Å². The Kier molecular flexibility index (Phi) is 5.41. The van der Waals surface area contributed by atoms with Crippen LogP contribution < -0.4 is 5.32 Å². The summed E-state index contributed by atoms with van der Waals surface area (Å²) in [5.74, 6) is -3.28. The molecular weight excluding hydrogens is 304 g/mol. The van der Waals surface area contributed by atoms with Gasteiger partial charge in [0.15, 0.2) is 6.04 Å². The molecule has 2 aromatic rings. The molecule has 0 aliphatic rings. The number of rotatable bonds is 5. The molecule has 0 aromatic heterocycles. The average Bonchev–Trinajstić information content (AvgIpc) is 2.53. The van der Waals surface area contributed by atoms with Gasteiger partial charge in [-0.1, -0.05) is 30.3 Å². The van der Waals surface area contributed by atoms with Crippen molar-refractivity contribution >= 4 is 11.9 Å². The van der Waals surface area contributed by atoms with E-state index in [9.17, 15) is 18.4 Å². The minimum Gasteiger partial charge on any atom is -0.464 e. The maximum Gasteiger partial charge on any atom is 0.333 e. The smallest absolute Gasteiger partial charge is 0.333 e. The van der Waals surface area contributed by atoms with Crippen molar-refractivity contribution in [1.82, 2.24) is 5.32 Å². The van der Waals surface area contributed by atoms with Crippen LogP contribution in [0.5, 0.6) is 0 Å². The number of nitrogens with one attached hydrogen (secondary N) is 1. The summed E-state index contributed by atoms with van der Waals surface area (Å²) in [6.07, 6.45) is 0. The number of amides is 1. The van der Waals surface area contributed by atoms with E-state index in [2.05, 4.69) is 5.32 Å². The third kappa shape index (κ3) is 4.12. The van der Waals surface area contributed by atoms with Gasteiger partial charge in [-0.15, -0.1) is 0 Å². The lowest BCUT2D eigenvalue weighted by Gasteiger charge is -2.18. The lowest BCUT2D eigenvalue weighted by molar-refractivity contribution is -0.145. The van der Waals surface area contributed by atoms with E-state index in [0.717, 1.165) is 12.1 Å². The number of esters is 1. The molecule has 1 N–H and O–H groups in total. The number of halogens is 2. The Hall–Kier alpha value is -2.76. The molecular formula is C17H15F2NO3. The Bertz CT molecular complexity index is 704. The van der Waals surface area contributed by atoms with Crippen LogP contribution in [0.3, 0.4) is 0 Å². The number of carbonyl (C=O) groups is 2. The van der Waals surface area contributed by atoms with Crippen molar-refractivity contribution in [2.75, 3.05) is 6.61 Å². The van der Waals surface area contributed by atoms with Gasteiger partial charge in [-0.05, 0) is 24.6 Å². The highest BCUT2D eigenvalue weighted by Gasteiger charge is 2.25. The van der Waals surface area contributed by atoms with Gasteiger partial charge in [0, 0.05) is 6.07 Å². The number of carbonyl (C=O) groups excluding carboxylic acids is 2. The molecule has 6 heteroatoms. The van der Waals surface area contributed by atoms with E-state index in [-0.39, 0.29) is 12.2 Å². The maximum absolute atomic E-state index is 13.7. The van der Waals surface area contributed by atoms with Crippen LogP contribution in [-0.2, 0) is 9.53 Å². The van der Waals surface area contributed by atoms with Crippen LogP contribution in [0.25, 0.3) is 0 Å². The van der Waals surface area contributed by atoms with Crippen LogP contribution in [0.1, 0.15) is 28.9 Å². The molecule has 1 amide bonds. The highest BCUT2D eigenvalue weighted by molar-refractivity contribution is 5.97. The van der Waals surface area contributed by atoms with Crippen molar-refractivity contribution in [1.29, 1.82) is 0 Å². The molecule has 0 fully saturated rings. The second-order valence-corrected chi connectivity index (χ2v) is 4.69. The van der Waals surface area contributed by atoms with Crippen molar-refractivity contribution in [2.24, 2.45) is 0 Å². The molecule has 0 radical (unpaired) electrons. The van der Waals surface area contributed by atoms with Crippen LogP contribution in [-0.4, -0.2) is 18.5 Å². The lowest BCUT2D eigenvalue weighted by atomic mass is 10.1. The molecule has 0 aliphatic heterocycles. The van der Waals surface area contributed by atoms with Crippen molar-refractivity contribution in [3.8, 4) is 0 Å². The first-order valence-electron chi connectivity index (χ1n) is 7.00. The Morgan fingerprint density at radius 3 is 2.43 bits per heavy atom. The first kappa shape index (κ1) is 16.6. The molecule has 2 aromatic carbocycles. The van der Waals surface area contributed by atoms with Crippen LogP contribution >= 0.6 is 0 Å². The Morgan fingerprint density at radius 2 is 1.83 bits per heavy atom. The third-order valence-corrected chi connectivity index (χ3v) is 3.11. The predicted octanol–water partition coefficient (Wildman–Crippen LogP) is 3.00. The van der Waals surface area contributed by atoms with Crippen molar-refractivity contribution in [3.05, 3.63) is 71.3 Å². The van der Waals surface area contributed by atoms with Crippen molar-refractivity contribution in [3.63, 3.8) is 0 Å². The zero-order valence-corrected chi connectivity index (χ0v) is 12.4. The second-order valence-electron chi connectivity index (χ2n) is 4.69. The maximum atomic E-state index is 13.7. The highest BCUT2D eigenvalue weighted by atomic mass is 19.1. The Labute approximate surface area is 132 Å². The van der Waals surface area contributed by atoms with Crippen LogP contribution in [0.2, 0.25) is 0 Å². The topological polar surface area (TPSA) is 55.4 Å². The van der Waals surface area contributed by atoms with Gasteiger partial charge in [0.1, 0.15) is 11.6 Å². The van der Waals surface area contributed by atoms with E-state index in [1.807, 2.05) is 0 Å². The van der Waals surface area contributed by atoms with Crippen molar-refractivity contribution < 1.29 is 23.1 Å². The Balaban J connectivity index is 2.26. The van der Waals surface area contributed by atoms with Gasteiger partial charge in [-0.25, -0.2) is 13.6 Å². The summed E-state index contributed by atoms with van der Waals surface area (Å²) in [5, 5.41) is 2.42. The fraction of sp³-hybridized carbons (Fsp3) is 0.176. The number of ether oxygens (including phenoxy) is 1. The third-order valence-electron chi connectivity index (χ3n) is 3.11. The number of hydrogen-bond donors (Lipinski definition) is 1. The Morgan fingerprint density at radius 1 is 1.13 bits per heavy atom. The summed E-state index contributed by atoms with van der Waals surface area (Å²) in [4.78, 5) is 24.2. The normalized spacial score (nSPS) is 11.6. The van der Waals surface area contributed by atoms with E-state index >= 15 is 0 Å². The van der Waals surface area contributed by atoms with E-state index in [1.165, 1.54) is 0 Å². The van der Waals surface area contributed by atoms with Crippen molar-refractivity contribution in [2.45, 2.75) is 13.0 Å². The van der Waals surface area contributed by atoms with E-state index < -0.39 is 29.6 Å². The molecule has 23 heavy (non-hydrogen) atoms. The van der Waals surface area contributed by atoms with Gasteiger partial charge >= 0.3 is 5.97 Å². The quantitative estimate of drug-likeness (QED) is 0.862. The summed E-state index contributed by atoms with van der Waals surface area (Å²) in [5.41, 5.74) is 0.151. The molecule has 0 aliphatic carbocycles. The molecule has 0 spiro atoms. The van der Waals surface area contributed by atoms with Gasteiger partial charge in [0.25, 0.3) is 5.91 Å². The van der Waals surface area contributed by atoms with E-state index in [0.29, 0.717) is 11.6 Å². The monoisotopic (exact) mass is 319 g/mol. The minimum absolute atomic E-state index is 0.142. The van der Waals surface area contributed by atoms with Gasteiger partial charge in [0.05, 0.1) is 12.2 Å². The van der Waals surface area contributed by atoms with Crippen LogP contribution in [0, 0.1) is 11.6 Å². The van der Waals surface area contributed by atoms with Crippen LogP contribution in [0.4, 0.5) is 8.78 Å². The highest BCUT2D eigenvalue weighted by Crippen LogP contribution is 2.17. The summed E-state index contributed by atoms with van der Waals surface area (Å²) in [7, 11) is 0. The summed E-state index contributed by atoms with van der Waals surface area (Å²) < 4.78 is 31.5. The van der Waals surface area contributed by atoms with Gasteiger partial charge in [-0.3, -0.25) is 4.79 Å². The van der Waals surface area contributed by atoms with E-state index in [4.69, 9.17) is 4.74 Å². The van der Waals surface area contributed by atoms with Gasteiger partial charge < -0.3 is 10.1 Å². The molecule has 0 saturated heterocycles. The molecule has 0 heterocycles. The molecule has 0 bridgehead atoms. The molecule has 1 unspecified atom stereocenters. The standard InChI is InChI=1S/C17H15F2NO3/c1-2-23-17(22)15(11-6-4-3-5-7-11)20-16(21)13-9-8-12(18)10-14(13)19/h3-10,15H,2H2,1H3,(H,20,21). The minimum atomic E-state index is -1.08. The molecule has 120 valence electrons. The number of benzene rings is 2. The largest absolute Gasteiger partial charge is 0.464 e. The fourth-order valence-corrected chi connectivity index (χ4v) is 2.03. The second kappa shape index (κ2) is 7.49. The van der Waals surface area contributed by atoms with E-state index in [1.54, 1.807) is 37.3 Å². The molecule has 2 rings (SSSR count). The molecule has 4 nitrogen and oxygen atoms in total. The average molecular weight is 319 g/mol. The molecule has 1 atom stereocenters. The fourth-order valence-electron chi connectivity index (χ4n) is 2.03. The first-order valence-corrected chi connectivity index (χ1v) is 7.00. The summed E-state index contributed by atoms with van der Waals surface area (Å²) in [6, 6.07) is 9.97. The number of hydrogen-bond acceptors (Lipinski definition) is 3. The summed E-state index contributed by atoms with van der Waals surface area (Å²) >= 11 is 0. The first-order chi connectivity index (χ1) is 11.0. The van der Waals surface area contributed by atoms with Crippen LogP contribution in [0.15, 0.2) is 48.5 Å². The molecule has 0 saturated carbocycles. The zero-order chi connectivity index (χ0) is 16.8. The SMILES string of the molecule is CCOC(=O)C(NC(=O)c1ccc(F)cc1F)c1ccccc1. The lowest BCUT2D eigenvalue weighted by Crippen LogP contribution is -2.35. The zero-order valence-electron chi connectivity index (χ0n) is 12.4. The van der Waals surface area contributed by atoms with Gasteiger partial charge in [-0.2, -0.15) is 0 Å².